The number of carboxylic acid groups (broad SMARTS) is 2. The van der Waals surface area contributed by atoms with Crippen LogP contribution in [0.1, 0.15) is 19.7 Å². The zero-order valence-corrected chi connectivity index (χ0v) is 17.0. The van der Waals surface area contributed by atoms with Gasteiger partial charge in [-0.1, -0.05) is 0 Å². The van der Waals surface area contributed by atoms with Crippen LogP contribution < -0.4 is 19.3 Å². The summed E-state index contributed by atoms with van der Waals surface area (Å²) in [6.45, 7) is 8.50. The van der Waals surface area contributed by atoms with E-state index < -0.39 is 12.3 Å². The fraction of sp³-hybridized carbons (Fsp3) is 0.529. The Morgan fingerprint density at radius 3 is 1.63 bits per heavy atom. The van der Waals surface area contributed by atoms with E-state index in [4.69, 9.17) is 19.8 Å². The number of hydrogen-bond acceptors (Lipinski definition) is 6. The van der Waals surface area contributed by atoms with Crippen molar-refractivity contribution in [3.8, 4) is 0 Å². The molecule has 0 atom stereocenters. The average Bonchev–Trinajstić information content (AvgIpc) is 3.22. The third-order valence-electron chi connectivity index (χ3n) is 3.26. The highest BCUT2D eigenvalue weighted by molar-refractivity contribution is 5.53. The molecule has 27 heavy (non-hydrogen) atoms. The third kappa shape index (κ3) is 13.9. The summed E-state index contributed by atoms with van der Waals surface area (Å²) >= 11 is 0. The largest absolute Gasteiger partial charge is 0.553 e. The summed E-state index contributed by atoms with van der Waals surface area (Å²) in [5.41, 5.74) is 0. The maximum absolute atomic E-state index is 9.03. The number of carbonyl (C=O) groups is 2. The van der Waals surface area contributed by atoms with Crippen molar-refractivity contribution in [2.45, 2.75) is 33.9 Å². The van der Waals surface area contributed by atoms with Crippen molar-refractivity contribution < 1.29 is 38.4 Å². The van der Waals surface area contributed by atoms with Crippen LogP contribution in [0.3, 0.4) is 0 Å². The minimum atomic E-state index is -1.50. The zero-order chi connectivity index (χ0) is 21.4. The number of imidazole rings is 2. The lowest BCUT2D eigenvalue weighted by molar-refractivity contribution is -0.699. The Bertz CT molecular complexity index is 652. The summed E-state index contributed by atoms with van der Waals surface area (Å²) < 4.78 is 15.6. The maximum Gasteiger partial charge on any atom is 0.252 e. The van der Waals surface area contributed by atoms with Crippen LogP contribution in [0.5, 0.6) is 0 Å². The lowest BCUT2D eigenvalue weighted by Crippen LogP contribution is -2.33. The molecule has 154 valence electrons. The van der Waals surface area contributed by atoms with Gasteiger partial charge in [0.1, 0.15) is 24.8 Å². The SMILES string of the molecule is CC[n+]1ccn(C)c1.CC[n+]1ccn(C)c1C.COC(=O)[O-].COC(=O)[O-]. The Labute approximate surface area is 159 Å². The van der Waals surface area contributed by atoms with E-state index >= 15 is 0 Å². The van der Waals surface area contributed by atoms with Crippen LogP contribution in [0.2, 0.25) is 0 Å². The number of hydrogen-bond donors (Lipinski definition) is 0. The quantitative estimate of drug-likeness (QED) is 0.479. The van der Waals surface area contributed by atoms with Gasteiger partial charge in [-0.3, -0.25) is 0 Å². The van der Waals surface area contributed by atoms with Crippen molar-refractivity contribution in [3.63, 3.8) is 0 Å². The third-order valence-corrected chi connectivity index (χ3v) is 3.26. The molecule has 0 aliphatic carbocycles. The minimum absolute atomic E-state index is 1.04. The molecule has 10 heteroatoms. The van der Waals surface area contributed by atoms with Gasteiger partial charge in [-0.2, -0.15) is 0 Å². The van der Waals surface area contributed by atoms with E-state index in [9.17, 15) is 0 Å². The number of nitrogens with zero attached hydrogens (tertiary/aromatic N) is 4. The van der Waals surface area contributed by atoms with Crippen molar-refractivity contribution in [2.24, 2.45) is 14.1 Å². The van der Waals surface area contributed by atoms with Crippen molar-refractivity contribution in [1.82, 2.24) is 9.13 Å². The molecule has 2 aromatic heterocycles. The van der Waals surface area contributed by atoms with Crippen LogP contribution in [0.4, 0.5) is 9.59 Å². The lowest BCUT2D eigenvalue weighted by atomic mass is 10.6. The van der Waals surface area contributed by atoms with Crippen LogP contribution in [0, 0.1) is 6.92 Å². The highest BCUT2D eigenvalue weighted by Crippen LogP contribution is 1.86. The Hall–Kier alpha value is -3.04. The van der Waals surface area contributed by atoms with Crippen LogP contribution in [-0.4, -0.2) is 35.7 Å². The number of rotatable bonds is 2. The number of ether oxygens (including phenoxy) is 2. The first-order valence-corrected chi connectivity index (χ1v) is 8.15. The molecule has 2 heterocycles. The Kier molecular flexibility index (Phi) is 14.8. The molecule has 0 aliphatic rings. The first-order valence-electron chi connectivity index (χ1n) is 8.15. The topological polar surface area (TPSA) is 116 Å². The second-order valence-electron chi connectivity index (χ2n) is 5.06. The highest BCUT2D eigenvalue weighted by atomic mass is 16.7. The van der Waals surface area contributed by atoms with Gasteiger partial charge in [0.25, 0.3) is 18.1 Å². The molecular formula is C17H30N4O6. The minimum Gasteiger partial charge on any atom is -0.553 e. The first-order chi connectivity index (χ1) is 12.6. The molecule has 2 rings (SSSR count). The average molecular weight is 386 g/mol. The van der Waals surface area contributed by atoms with Crippen molar-refractivity contribution in [3.05, 3.63) is 36.9 Å². The Morgan fingerprint density at radius 2 is 1.48 bits per heavy atom. The summed E-state index contributed by atoms with van der Waals surface area (Å²) in [6, 6.07) is 0. The van der Waals surface area contributed by atoms with E-state index in [1.807, 2.05) is 17.8 Å². The van der Waals surface area contributed by atoms with Gasteiger partial charge in [-0.15, -0.1) is 0 Å². The van der Waals surface area contributed by atoms with Crippen LogP contribution >= 0.6 is 0 Å². The lowest BCUT2D eigenvalue weighted by Gasteiger charge is -1.92. The van der Waals surface area contributed by atoms with Crippen molar-refractivity contribution in [1.29, 1.82) is 0 Å². The van der Waals surface area contributed by atoms with Crippen LogP contribution in [0.15, 0.2) is 31.1 Å². The molecule has 0 amide bonds. The van der Waals surface area contributed by atoms with Gasteiger partial charge < -0.3 is 29.3 Å². The molecule has 2 aromatic rings. The van der Waals surface area contributed by atoms with E-state index in [0.29, 0.717) is 0 Å². The monoisotopic (exact) mass is 386 g/mol. The molecule has 0 saturated heterocycles. The van der Waals surface area contributed by atoms with Gasteiger partial charge >= 0.3 is 0 Å². The fourth-order valence-corrected chi connectivity index (χ4v) is 1.62. The smallest absolute Gasteiger partial charge is 0.252 e. The van der Waals surface area contributed by atoms with Crippen LogP contribution in [-0.2, 0) is 36.7 Å². The molecule has 0 bridgehead atoms. The first kappa shape index (κ1) is 26.2. The molecule has 0 radical (unpaired) electrons. The van der Waals surface area contributed by atoms with Gasteiger partial charge in [0.2, 0.25) is 6.33 Å². The van der Waals surface area contributed by atoms with Gasteiger partial charge in [0.05, 0.1) is 27.2 Å². The normalized spacial score (nSPS) is 8.70. The standard InChI is InChI=1S/C7H13N2.C6H11N2.2C2H4O3/c1-4-9-6-5-8(3)7(9)2;1-3-8-5-4-7(2)6-8;2*1-5-2(3)4/h5-6H,4H2,1-3H3;4-6H,3H2,1-2H3;2*1H3,(H,3,4)/q2*+1;;/p-2. The fourth-order valence-electron chi connectivity index (χ4n) is 1.62. The van der Waals surface area contributed by atoms with Gasteiger partial charge in [0, 0.05) is 21.1 Å². The molecule has 0 fully saturated rings. The van der Waals surface area contributed by atoms with E-state index in [1.165, 1.54) is 5.82 Å². The second-order valence-corrected chi connectivity index (χ2v) is 5.06. The summed E-state index contributed by atoms with van der Waals surface area (Å²) in [5, 5.41) is 18.1. The van der Waals surface area contributed by atoms with Gasteiger partial charge in [-0.25, -0.2) is 18.3 Å². The van der Waals surface area contributed by atoms with Crippen molar-refractivity contribution in [2.75, 3.05) is 14.2 Å². The molecule has 0 aliphatic heterocycles. The molecule has 0 N–H and O–H groups in total. The van der Waals surface area contributed by atoms with Gasteiger partial charge in [0.15, 0.2) is 0 Å². The zero-order valence-electron chi connectivity index (χ0n) is 17.0. The summed E-state index contributed by atoms with van der Waals surface area (Å²) in [5.74, 6) is 1.30. The summed E-state index contributed by atoms with van der Waals surface area (Å²) in [6.07, 6.45) is 7.31. The van der Waals surface area contributed by atoms with Crippen molar-refractivity contribution >= 4 is 12.3 Å². The number of aromatic nitrogens is 4. The van der Waals surface area contributed by atoms with E-state index in [2.05, 4.69) is 75.9 Å². The molecule has 10 nitrogen and oxygen atoms in total. The number of aryl methyl sites for hydroxylation is 4. The summed E-state index contributed by atoms with van der Waals surface area (Å²) in [4.78, 5) is 18.1. The van der Waals surface area contributed by atoms with E-state index in [1.54, 1.807) is 0 Å². The molecule has 0 saturated carbocycles. The van der Waals surface area contributed by atoms with E-state index in [0.717, 1.165) is 27.3 Å². The maximum atomic E-state index is 9.03. The predicted molar refractivity (Wildman–Crippen MR) is 92.1 cm³/mol. The predicted octanol–water partition coefficient (Wildman–Crippen LogP) is -1.07. The molecule has 0 spiro atoms. The summed E-state index contributed by atoms with van der Waals surface area (Å²) in [7, 11) is 6.15. The second kappa shape index (κ2) is 15.2. The highest BCUT2D eigenvalue weighted by Gasteiger charge is 2.04. The molecule has 0 aromatic carbocycles. The van der Waals surface area contributed by atoms with E-state index in [-0.39, 0.29) is 0 Å². The van der Waals surface area contributed by atoms with Gasteiger partial charge in [-0.05, 0) is 13.8 Å². The Balaban J connectivity index is 0. The number of carbonyl (C=O) groups excluding carboxylic acids is 2. The Morgan fingerprint density at radius 1 is 1.00 bits per heavy atom. The van der Waals surface area contributed by atoms with Crippen LogP contribution in [0.25, 0.3) is 0 Å². The molecule has 0 unspecified atom stereocenters. The molecular weight excluding hydrogens is 356 g/mol. The number of methoxy groups -OCH3 is 2.